The normalized spacial score (nSPS) is 11.0. The summed E-state index contributed by atoms with van der Waals surface area (Å²) in [5.41, 5.74) is 1.03. The summed E-state index contributed by atoms with van der Waals surface area (Å²) < 4.78 is 1.05. The molecule has 0 aliphatic heterocycles. The fraction of sp³-hybridized carbons (Fsp3) is 0.550. The fourth-order valence-corrected chi connectivity index (χ4v) is 2.72. The minimum Gasteiger partial charge on any atom is -0.353 e. The van der Waals surface area contributed by atoms with Crippen LogP contribution in [-0.4, -0.2) is 12.5 Å². The molecular formula is C20H30BrNO. The van der Waals surface area contributed by atoms with Gasteiger partial charge in [-0.1, -0.05) is 86.4 Å². The number of benzene rings is 1. The van der Waals surface area contributed by atoms with Gasteiger partial charge < -0.3 is 5.32 Å². The van der Waals surface area contributed by atoms with E-state index in [4.69, 9.17) is 0 Å². The third-order valence-corrected chi connectivity index (χ3v) is 4.41. The SMILES string of the molecule is CCCCCCCCCCCNC(=O)/C=C/c1ccc(Br)cc1. The van der Waals surface area contributed by atoms with Crippen molar-refractivity contribution in [2.24, 2.45) is 0 Å². The van der Waals surface area contributed by atoms with Gasteiger partial charge in [-0.15, -0.1) is 0 Å². The number of unbranched alkanes of at least 4 members (excludes halogenated alkanes) is 8. The van der Waals surface area contributed by atoms with Crippen LogP contribution in [0.5, 0.6) is 0 Å². The number of hydrogen-bond donors (Lipinski definition) is 1. The van der Waals surface area contributed by atoms with Crippen LogP contribution in [-0.2, 0) is 4.79 Å². The van der Waals surface area contributed by atoms with Gasteiger partial charge in [0.1, 0.15) is 0 Å². The summed E-state index contributed by atoms with van der Waals surface area (Å²) >= 11 is 3.40. The Hall–Kier alpha value is -1.09. The molecule has 2 nitrogen and oxygen atoms in total. The molecule has 0 saturated heterocycles. The van der Waals surface area contributed by atoms with Crippen LogP contribution in [0.4, 0.5) is 0 Å². The second-order valence-electron chi connectivity index (χ2n) is 6.00. The van der Waals surface area contributed by atoms with E-state index in [-0.39, 0.29) is 5.91 Å². The monoisotopic (exact) mass is 379 g/mol. The standard InChI is InChI=1S/C20H30BrNO/c1-2-3-4-5-6-7-8-9-10-17-22-20(23)16-13-18-11-14-19(21)15-12-18/h11-16H,2-10,17H2,1H3,(H,22,23)/b16-13+. The predicted octanol–water partition coefficient (Wildman–Crippen LogP) is 6.11. The Morgan fingerprint density at radius 1 is 0.957 bits per heavy atom. The Kier molecular flexibility index (Phi) is 11.6. The molecule has 0 heterocycles. The van der Waals surface area contributed by atoms with Crippen molar-refractivity contribution in [3.8, 4) is 0 Å². The van der Waals surface area contributed by atoms with Crippen LogP contribution in [0.3, 0.4) is 0 Å². The quantitative estimate of drug-likeness (QED) is 0.344. The van der Waals surface area contributed by atoms with Gasteiger partial charge in [-0.3, -0.25) is 4.79 Å². The first-order valence-corrected chi connectivity index (χ1v) is 9.73. The molecule has 128 valence electrons. The molecular weight excluding hydrogens is 350 g/mol. The first kappa shape index (κ1) is 20.0. The van der Waals surface area contributed by atoms with Gasteiger partial charge in [-0.2, -0.15) is 0 Å². The number of carbonyl (C=O) groups excluding carboxylic acids is 1. The van der Waals surface area contributed by atoms with Crippen molar-refractivity contribution in [2.45, 2.75) is 64.7 Å². The summed E-state index contributed by atoms with van der Waals surface area (Å²) in [4.78, 5) is 11.7. The fourth-order valence-electron chi connectivity index (χ4n) is 2.45. The summed E-state index contributed by atoms with van der Waals surface area (Å²) in [6, 6.07) is 7.91. The average molecular weight is 380 g/mol. The van der Waals surface area contributed by atoms with Gasteiger partial charge in [-0.05, 0) is 30.2 Å². The summed E-state index contributed by atoms with van der Waals surface area (Å²) in [5, 5.41) is 2.95. The molecule has 0 aliphatic carbocycles. The van der Waals surface area contributed by atoms with Crippen LogP contribution in [0, 0.1) is 0 Å². The number of amides is 1. The topological polar surface area (TPSA) is 29.1 Å². The van der Waals surface area contributed by atoms with Crippen LogP contribution in [0.2, 0.25) is 0 Å². The van der Waals surface area contributed by atoms with Gasteiger partial charge in [0.25, 0.3) is 0 Å². The summed E-state index contributed by atoms with van der Waals surface area (Å²) in [7, 11) is 0. The number of rotatable bonds is 12. The van der Waals surface area contributed by atoms with Gasteiger partial charge in [-0.25, -0.2) is 0 Å². The Balaban J connectivity index is 1.98. The van der Waals surface area contributed by atoms with Gasteiger partial charge in [0.05, 0.1) is 0 Å². The van der Waals surface area contributed by atoms with Crippen molar-refractivity contribution < 1.29 is 4.79 Å². The van der Waals surface area contributed by atoms with Crippen molar-refractivity contribution in [3.63, 3.8) is 0 Å². The summed E-state index contributed by atoms with van der Waals surface area (Å²) in [6.07, 6.45) is 15.2. The van der Waals surface area contributed by atoms with Gasteiger partial charge >= 0.3 is 0 Å². The number of nitrogens with one attached hydrogen (secondary N) is 1. The maximum Gasteiger partial charge on any atom is 0.243 e. The molecule has 1 aromatic rings. The zero-order chi connectivity index (χ0) is 16.8. The van der Waals surface area contributed by atoms with E-state index in [2.05, 4.69) is 28.2 Å². The molecule has 1 aromatic carbocycles. The molecule has 3 heteroatoms. The number of halogens is 1. The summed E-state index contributed by atoms with van der Waals surface area (Å²) in [6.45, 7) is 3.03. The van der Waals surface area contributed by atoms with Gasteiger partial charge in [0, 0.05) is 17.1 Å². The zero-order valence-corrected chi connectivity index (χ0v) is 15.9. The van der Waals surface area contributed by atoms with Crippen LogP contribution in [0.1, 0.15) is 70.3 Å². The van der Waals surface area contributed by atoms with E-state index in [1.165, 1.54) is 51.4 Å². The van der Waals surface area contributed by atoms with E-state index in [1.807, 2.05) is 30.3 Å². The van der Waals surface area contributed by atoms with E-state index < -0.39 is 0 Å². The zero-order valence-electron chi connectivity index (χ0n) is 14.3. The molecule has 0 atom stereocenters. The Bertz CT molecular complexity index is 453. The lowest BCUT2D eigenvalue weighted by molar-refractivity contribution is -0.116. The average Bonchev–Trinajstić information content (AvgIpc) is 2.56. The van der Waals surface area contributed by atoms with Crippen molar-refractivity contribution in [2.75, 3.05) is 6.54 Å². The van der Waals surface area contributed by atoms with Crippen LogP contribution in [0.25, 0.3) is 6.08 Å². The second-order valence-corrected chi connectivity index (χ2v) is 6.92. The van der Waals surface area contributed by atoms with Crippen LogP contribution >= 0.6 is 15.9 Å². The molecule has 1 amide bonds. The lowest BCUT2D eigenvalue weighted by atomic mass is 10.1. The maximum absolute atomic E-state index is 11.7. The third kappa shape index (κ3) is 11.1. The molecule has 1 N–H and O–H groups in total. The highest BCUT2D eigenvalue weighted by molar-refractivity contribution is 9.10. The summed E-state index contributed by atoms with van der Waals surface area (Å²) in [5.74, 6) is -0.00696. The highest BCUT2D eigenvalue weighted by atomic mass is 79.9. The minimum absolute atomic E-state index is 0.00696. The van der Waals surface area contributed by atoms with Crippen molar-refractivity contribution >= 4 is 27.9 Å². The first-order chi connectivity index (χ1) is 11.2. The van der Waals surface area contributed by atoms with Crippen LogP contribution in [0.15, 0.2) is 34.8 Å². The highest BCUT2D eigenvalue weighted by Crippen LogP contribution is 2.11. The predicted molar refractivity (Wildman–Crippen MR) is 103 cm³/mol. The van der Waals surface area contributed by atoms with Crippen LogP contribution < -0.4 is 5.32 Å². The first-order valence-electron chi connectivity index (χ1n) is 8.94. The molecule has 0 bridgehead atoms. The molecule has 0 spiro atoms. The van der Waals surface area contributed by atoms with E-state index in [0.29, 0.717) is 0 Å². The molecule has 0 aliphatic rings. The van der Waals surface area contributed by atoms with Crippen molar-refractivity contribution in [1.29, 1.82) is 0 Å². The lowest BCUT2D eigenvalue weighted by Gasteiger charge is -2.03. The second kappa shape index (κ2) is 13.4. The van der Waals surface area contributed by atoms with Gasteiger partial charge in [0.2, 0.25) is 5.91 Å². The van der Waals surface area contributed by atoms with Gasteiger partial charge in [0.15, 0.2) is 0 Å². The van der Waals surface area contributed by atoms with E-state index >= 15 is 0 Å². The largest absolute Gasteiger partial charge is 0.353 e. The van der Waals surface area contributed by atoms with Crippen molar-refractivity contribution in [3.05, 3.63) is 40.4 Å². The van der Waals surface area contributed by atoms with Crippen molar-refractivity contribution in [1.82, 2.24) is 5.32 Å². The Morgan fingerprint density at radius 2 is 1.52 bits per heavy atom. The number of carbonyl (C=O) groups is 1. The van der Waals surface area contributed by atoms with E-state index in [1.54, 1.807) is 6.08 Å². The molecule has 0 fully saturated rings. The number of hydrogen-bond acceptors (Lipinski definition) is 1. The minimum atomic E-state index is -0.00696. The molecule has 0 aromatic heterocycles. The lowest BCUT2D eigenvalue weighted by Crippen LogP contribution is -2.21. The Morgan fingerprint density at radius 3 is 2.13 bits per heavy atom. The van der Waals surface area contributed by atoms with E-state index in [0.717, 1.165) is 23.0 Å². The molecule has 1 rings (SSSR count). The third-order valence-electron chi connectivity index (χ3n) is 3.88. The maximum atomic E-state index is 11.7. The molecule has 0 unspecified atom stereocenters. The smallest absolute Gasteiger partial charge is 0.243 e. The Labute approximate surface area is 149 Å². The molecule has 0 radical (unpaired) electrons. The highest BCUT2D eigenvalue weighted by Gasteiger charge is 1.96. The van der Waals surface area contributed by atoms with E-state index in [9.17, 15) is 4.79 Å². The molecule has 23 heavy (non-hydrogen) atoms. The molecule has 0 saturated carbocycles.